The fourth-order valence-corrected chi connectivity index (χ4v) is 6.65. The average Bonchev–Trinajstić information content (AvgIpc) is 2.95. The zero-order valence-corrected chi connectivity index (χ0v) is 23.1. The van der Waals surface area contributed by atoms with Crippen molar-refractivity contribution in [1.29, 1.82) is 0 Å². The fourth-order valence-electron chi connectivity index (χ4n) is 6.65. The predicted molar refractivity (Wildman–Crippen MR) is 151 cm³/mol. The number of rotatable bonds is 10. The number of nitrogens with zero attached hydrogens (tertiary/aromatic N) is 2. The molecular weight excluding hydrogens is 428 g/mol. The van der Waals surface area contributed by atoms with Crippen LogP contribution in [0, 0.1) is 5.41 Å². The van der Waals surface area contributed by atoms with Gasteiger partial charge in [0.2, 0.25) is 0 Å². The molecule has 4 rings (SSSR count). The van der Waals surface area contributed by atoms with Crippen molar-refractivity contribution in [3.63, 3.8) is 0 Å². The van der Waals surface area contributed by atoms with Crippen molar-refractivity contribution < 1.29 is 4.79 Å². The highest BCUT2D eigenvalue weighted by Gasteiger charge is 2.46. The second-order valence-corrected chi connectivity index (χ2v) is 12.4. The SMILES string of the molecule is CCCCCC1(CCCCC)C(=O)c2cccc3c(N4CCCN(CC(C)(C)C)CC4)ccc1c23. The molecule has 0 saturated carbocycles. The first kappa shape index (κ1) is 26.2. The van der Waals surface area contributed by atoms with Gasteiger partial charge in [-0.15, -0.1) is 0 Å². The van der Waals surface area contributed by atoms with Crippen molar-refractivity contribution in [3.05, 3.63) is 41.5 Å². The largest absolute Gasteiger partial charge is 0.370 e. The van der Waals surface area contributed by atoms with Crippen LogP contribution in [0.1, 0.15) is 108 Å². The number of unbranched alkanes of at least 4 members (excludes halogenated alkanes) is 4. The Balaban J connectivity index is 1.68. The van der Waals surface area contributed by atoms with Crippen molar-refractivity contribution in [2.45, 2.75) is 97.8 Å². The van der Waals surface area contributed by atoms with Crippen LogP contribution in [0.2, 0.25) is 0 Å². The second-order valence-electron chi connectivity index (χ2n) is 12.4. The molecule has 1 fully saturated rings. The maximum Gasteiger partial charge on any atom is 0.174 e. The number of anilines is 1. The Labute approximate surface area is 214 Å². The van der Waals surface area contributed by atoms with Gasteiger partial charge in [-0.25, -0.2) is 0 Å². The minimum absolute atomic E-state index is 0.312. The van der Waals surface area contributed by atoms with Crippen LogP contribution < -0.4 is 4.90 Å². The topological polar surface area (TPSA) is 23.6 Å². The fraction of sp³-hybridized carbons (Fsp3) is 0.656. The molecule has 0 bridgehead atoms. The summed E-state index contributed by atoms with van der Waals surface area (Å²) in [6, 6.07) is 11.2. The van der Waals surface area contributed by atoms with Crippen LogP contribution >= 0.6 is 0 Å². The summed E-state index contributed by atoms with van der Waals surface area (Å²) in [4.78, 5) is 19.3. The number of carbonyl (C=O) groups is 1. The van der Waals surface area contributed by atoms with Crippen LogP contribution in [-0.4, -0.2) is 43.4 Å². The summed E-state index contributed by atoms with van der Waals surface area (Å²) in [6.07, 6.45) is 10.3. The highest BCUT2D eigenvalue weighted by molar-refractivity contribution is 6.22. The number of carbonyl (C=O) groups excluding carboxylic acids is 1. The number of benzene rings is 2. The molecule has 1 heterocycles. The Bertz CT molecular complexity index is 1010. The first-order chi connectivity index (χ1) is 16.8. The molecule has 2 aliphatic rings. The molecule has 0 spiro atoms. The van der Waals surface area contributed by atoms with E-state index in [2.05, 4.69) is 74.8 Å². The molecular formula is C32H48N2O. The van der Waals surface area contributed by atoms with E-state index < -0.39 is 0 Å². The lowest BCUT2D eigenvalue weighted by Gasteiger charge is -2.31. The summed E-state index contributed by atoms with van der Waals surface area (Å²) in [7, 11) is 0. The van der Waals surface area contributed by atoms with Gasteiger partial charge in [-0.2, -0.15) is 0 Å². The molecule has 1 saturated heterocycles. The van der Waals surface area contributed by atoms with Crippen molar-refractivity contribution in [2.75, 3.05) is 37.6 Å². The van der Waals surface area contributed by atoms with E-state index in [4.69, 9.17) is 0 Å². The van der Waals surface area contributed by atoms with Gasteiger partial charge in [-0.05, 0) is 48.2 Å². The van der Waals surface area contributed by atoms with Gasteiger partial charge in [0.1, 0.15) is 0 Å². The van der Waals surface area contributed by atoms with Crippen LogP contribution in [-0.2, 0) is 5.41 Å². The summed E-state index contributed by atoms with van der Waals surface area (Å²) in [5.41, 5.74) is 3.66. The van der Waals surface area contributed by atoms with Crippen LogP contribution in [0.25, 0.3) is 10.8 Å². The van der Waals surface area contributed by atoms with Gasteiger partial charge in [-0.1, -0.05) is 97.4 Å². The van der Waals surface area contributed by atoms with Crippen LogP contribution in [0.5, 0.6) is 0 Å². The lowest BCUT2D eigenvalue weighted by atomic mass is 9.72. The molecule has 2 aromatic rings. The van der Waals surface area contributed by atoms with E-state index in [1.54, 1.807) is 0 Å². The molecule has 0 N–H and O–H groups in total. The molecule has 0 aromatic heterocycles. The number of Topliss-reactive ketones (excluding diaryl/α,β-unsaturated/α-hetero) is 1. The first-order valence-electron chi connectivity index (χ1n) is 14.4. The molecule has 192 valence electrons. The molecule has 0 amide bonds. The third-order valence-corrected chi connectivity index (χ3v) is 8.25. The predicted octanol–water partition coefficient (Wildman–Crippen LogP) is 7.99. The monoisotopic (exact) mass is 476 g/mol. The Morgan fingerprint density at radius 1 is 0.857 bits per heavy atom. The van der Waals surface area contributed by atoms with Gasteiger partial charge in [0.25, 0.3) is 0 Å². The molecule has 0 radical (unpaired) electrons. The highest BCUT2D eigenvalue weighted by Crippen LogP contribution is 2.50. The van der Waals surface area contributed by atoms with E-state index in [0.29, 0.717) is 11.2 Å². The zero-order valence-electron chi connectivity index (χ0n) is 23.1. The number of hydrogen-bond acceptors (Lipinski definition) is 3. The summed E-state index contributed by atoms with van der Waals surface area (Å²) in [6.45, 7) is 17.1. The Kier molecular flexibility index (Phi) is 8.26. The molecule has 35 heavy (non-hydrogen) atoms. The third-order valence-electron chi connectivity index (χ3n) is 8.25. The standard InChI is InChI=1S/C32H48N2O/c1-6-8-10-18-32(19-11-9-7-2)27-16-17-28(25-14-12-15-26(29(25)27)30(32)35)34-21-13-20-33(22-23-34)24-31(3,4)5/h12,14-17H,6-11,13,18-24H2,1-5H3. The van der Waals surface area contributed by atoms with Crippen LogP contribution in [0.15, 0.2) is 30.3 Å². The summed E-state index contributed by atoms with van der Waals surface area (Å²) in [5.74, 6) is 0.398. The Morgan fingerprint density at radius 2 is 1.57 bits per heavy atom. The summed E-state index contributed by atoms with van der Waals surface area (Å²) < 4.78 is 0. The van der Waals surface area contributed by atoms with Crippen LogP contribution in [0.3, 0.4) is 0 Å². The van der Waals surface area contributed by atoms with E-state index in [0.717, 1.165) is 57.4 Å². The Hall–Kier alpha value is -1.87. The lowest BCUT2D eigenvalue weighted by Crippen LogP contribution is -2.36. The van der Waals surface area contributed by atoms with Gasteiger partial charge in [0, 0.05) is 42.8 Å². The molecule has 0 atom stereocenters. The lowest BCUT2D eigenvalue weighted by molar-refractivity contribution is 0.0870. The minimum atomic E-state index is -0.312. The quantitative estimate of drug-likeness (QED) is 0.325. The highest BCUT2D eigenvalue weighted by atomic mass is 16.1. The normalized spacial score (nSPS) is 18.4. The molecule has 1 aliphatic carbocycles. The van der Waals surface area contributed by atoms with E-state index >= 15 is 0 Å². The van der Waals surface area contributed by atoms with Crippen molar-refractivity contribution in [1.82, 2.24) is 4.90 Å². The van der Waals surface area contributed by atoms with E-state index in [1.807, 2.05) is 0 Å². The average molecular weight is 477 g/mol. The molecule has 2 aromatic carbocycles. The number of hydrogen-bond donors (Lipinski definition) is 0. The van der Waals surface area contributed by atoms with Crippen LogP contribution in [0.4, 0.5) is 5.69 Å². The van der Waals surface area contributed by atoms with Gasteiger partial charge < -0.3 is 9.80 Å². The van der Waals surface area contributed by atoms with Gasteiger partial charge >= 0.3 is 0 Å². The smallest absolute Gasteiger partial charge is 0.174 e. The first-order valence-corrected chi connectivity index (χ1v) is 14.4. The molecule has 3 heteroatoms. The molecule has 1 aliphatic heterocycles. The van der Waals surface area contributed by atoms with Crippen molar-refractivity contribution >= 4 is 22.2 Å². The van der Waals surface area contributed by atoms with Gasteiger partial charge in [0.15, 0.2) is 5.78 Å². The van der Waals surface area contributed by atoms with E-state index in [1.165, 1.54) is 60.7 Å². The zero-order chi connectivity index (χ0) is 25.1. The Morgan fingerprint density at radius 3 is 2.23 bits per heavy atom. The molecule has 0 unspecified atom stereocenters. The maximum absolute atomic E-state index is 14.1. The second kappa shape index (κ2) is 11.0. The van der Waals surface area contributed by atoms with Crippen molar-refractivity contribution in [3.8, 4) is 0 Å². The van der Waals surface area contributed by atoms with Crippen molar-refractivity contribution in [2.24, 2.45) is 5.41 Å². The molecule has 3 nitrogen and oxygen atoms in total. The number of ketones is 1. The van der Waals surface area contributed by atoms with Gasteiger partial charge in [0.05, 0.1) is 5.41 Å². The van der Waals surface area contributed by atoms with Gasteiger partial charge in [-0.3, -0.25) is 4.79 Å². The van der Waals surface area contributed by atoms with E-state index in [-0.39, 0.29) is 5.41 Å². The maximum atomic E-state index is 14.1. The minimum Gasteiger partial charge on any atom is -0.370 e. The summed E-state index contributed by atoms with van der Waals surface area (Å²) >= 11 is 0. The third kappa shape index (κ3) is 5.45. The summed E-state index contributed by atoms with van der Waals surface area (Å²) in [5, 5.41) is 2.56. The van der Waals surface area contributed by atoms with E-state index in [9.17, 15) is 4.79 Å².